The summed E-state index contributed by atoms with van der Waals surface area (Å²) in [5, 5.41) is 0. The first-order chi connectivity index (χ1) is 19.9. The molecule has 2 aromatic rings. The zero-order chi connectivity index (χ0) is 28.4. The van der Waals surface area contributed by atoms with E-state index < -0.39 is 0 Å². The van der Waals surface area contributed by atoms with Gasteiger partial charge in [0.05, 0.1) is 24.9 Å². The van der Waals surface area contributed by atoms with Crippen LogP contribution in [-0.2, 0) is 9.53 Å². The summed E-state index contributed by atoms with van der Waals surface area (Å²) in [6.07, 6.45) is 6.64. The topological polar surface area (TPSA) is 88.6 Å². The smallest absolute Gasteiger partial charge is 0.264 e. The number of likely N-dealkylation sites (tertiary alicyclic amines) is 1. The zero-order valence-electron chi connectivity index (χ0n) is 23.8. The minimum Gasteiger partial charge on any atom is -0.493 e. The predicted molar refractivity (Wildman–Crippen MR) is 154 cm³/mol. The van der Waals surface area contributed by atoms with Crippen LogP contribution in [0, 0.1) is 5.41 Å². The molecule has 218 valence electrons. The van der Waals surface area contributed by atoms with E-state index in [0.29, 0.717) is 61.2 Å². The van der Waals surface area contributed by atoms with E-state index in [1.807, 2.05) is 34.1 Å². The standard InChI is InChI=1S/C32H39N3O6/c1-33-27-19-24(9-10-28(27)40-21-29(33)36)30(37)34-15-12-32(13-16-34)11-2-3-17-39-20-25-7-5-14-35(25)31(38)23-6-4-8-26(18-23)41-22-32/h4,6,8-10,18-19,25H,2-3,5,7,11-17,20-22H2,1H3/t25-/m0/s1. The van der Waals surface area contributed by atoms with Crippen LogP contribution in [0.25, 0.3) is 0 Å². The minimum atomic E-state index is -0.132. The van der Waals surface area contributed by atoms with Gasteiger partial charge in [-0.25, -0.2) is 0 Å². The maximum atomic E-state index is 13.5. The number of likely N-dealkylation sites (N-methyl/N-ethyl adjacent to an activating group) is 1. The van der Waals surface area contributed by atoms with Gasteiger partial charge in [0.25, 0.3) is 17.7 Å². The second-order valence-corrected chi connectivity index (χ2v) is 11.9. The number of nitrogens with zero attached hydrogens (tertiary/aromatic N) is 3. The first kappa shape index (κ1) is 27.6. The van der Waals surface area contributed by atoms with E-state index in [2.05, 4.69) is 0 Å². The van der Waals surface area contributed by atoms with Gasteiger partial charge in [-0.05, 0) is 74.9 Å². The Morgan fingerprint density at radius 2 is 1.80 bits per heavy atom. The average Bonchev–Trinajstić information content (AvgIpc) is 3.47. The monoisotopic (exact) mass is 561 g/mol. The zero-order valence-corrected chi connectivity index (χ0v) is 23.8. The second kappa shape index (κ2) is 11.7. The third-order valence-corrected chi connectivity index (χ3v) is 9.22. The van der Waals surface area contributed by atoms with Gasteiger partial charge in [-0.2, -0.15) is 0 Å². The van der Waals surface area contributed by atoms with Gasteiger partial charge in [0, 0.05) is 49.8 Å². The summed E-state index contributed by atoms with van der Waals surface area (Å²) in [4.78, 5) is 44.3. The van der Waals surface area contributed by atoms with Crippen LogP contribution in [0.2, 0.25) is 0 Å². The van der Waals surface area contributed by atoms with Crippen molar-refractivity contribution in [3.63, 3.8) is 0 Å². The van der Waals surface area contributed by atoms with E-state index in [0.717, 1.165) is 51.5 Å². The van der Waals surface area contributed by atoms with Gasteiger partial charge >= 0.3 is 0 Å². The van der Waals surface area contributed by atoms with E-state index in [1.165, 1.54) is 0 Å². The van der Waals surface area contributed by atoms with Gasteiger partial charge in [0.15, 0.2) is 6.61 Å². The number of hydrogen-bond donors (Lipinski definition) is 0. The third-order valence-electron chi connectivity index (χ3n) is 9.22. The molecule has 3 amide bonds. The van der Waals surface area contributed by atoms with Crippen molar-refractivity contribution in [2.75, 3.05) is 58.0 Å². The minimum absolute atomic E-state index is 0.0127. The van der Waals surface area contributed by atoms with Crippen molar-refractivity contribution in [3.8, 4) is 11.5 Å². The Hall–Kier alpha value is -3.59. The largest absolute Gasteiger partial charge is 0.493 e. The van der Waals surface area contributed by atoms with Crippen molar-refractivity contribution in [2.45, 2.75) is 51.0 Å². The number of carbonyl (C=O) groups excluding carboxylic acids is 3. The molecule has 2 fully saturated rings. The molecule has 4 heterocycles. The molecular formula is C32H39N3O6. The van der Waals surface area contributed by atoms with E-state index in [-0.39, 0.29) is 35.8 Å². The van der Waals surface area contributed by atoms with Crippen LogP contribution in [0.1, 0.15) is 65.7 Å². The molecule has 2 bridgehead atoms. The molecule has 0 unspecified atom stereocenters. The highest BCUT2D eigenvalue weighted by Crippen LogP contribution is 2.39. The molecule has 0 saturated carbocycles. The molecule has 0 aliphatic carbocycles. The Morgan fingerprint density at radius 1 is 0.951 bits per heavy atom. The van der Waals surface area contributed by atoms with Crippen LogP contribution in [0.5, 0.6) is 11.5 Å². The number of ether oxygens (including phenoxy) is 3. The Morgan fingerprint density at radius 3 is 2.66 bits per heavy atom. The van der Waals surface area contributed by atoms with Gasteiger partial charge in [-0.1, -0.05) is 12.5 Å². The number of rotatable bonds is 1. The summed E-state index contributed by atoms with van der Waals surface area (Å²) >= 11 is 0. The molecule has 0 aromatic heterocycles. The first-order valence-electron chi connectivity index (χ1n) is 14.9. The van der Waals surface area contributed by atoms with Crippen LogP contribution in [-0.4, -0.2) is 86.7 Å². The van der Waals surface area contributed by atoms with Crippen molar-refractivity contribution in [1.29, 1.82) is 0 Å². The quantitative estimate of drug-likeness (QED) is 0.520. The van der Waals surface area contributed by atoms with E-state index >= 15 is 0 Å². The summed E-state index contributed by atoms with van der Waals surface area (Å²) < 4.78 is 17.9. The Labute approximate surface area is 241 Å². The molecule has 41 heavy (non-hydrogen) atoms. The highest BCUT2D eigenvalue weighted by molar-refractivity contribution is 6.01. The van der Waals surface area contributed by atoms with Crippen molar-refractivity contribution in [1.82, 2.24) is 9.80 Å². The van der Waals surface area contributed by atoms with E-state index in [9.17, 15) is 14.4 Å². The third kappa shape index (κ3) is 5.77. The number of piperidine rings is 1. The molecular weight excluding hydrogens is 522 g/mol. The maximum Gasteiger partial charge on any atom is 0.264 e. The lowest BCUT2D eigenvalue weighted by Crippen LogP contribution is -2.45. The van der Waals surface area contributed by atoms with E-state index in [4.69, 9.17) is 14.2 Å². The van der Waals surface area contributed by atoms with Gasteiger partial charge in [-0.3, -0.25) is 14.4 Å². The predicted octanol–water partition coefficient (Wildman–Crippen LogP) is 4.15. The van der Waals surface area contributed by atoms with Gasteiger partial charge in [0.2, 0.25) is 0 Å². The molecule has 4 aliphatic heterocycles. The summed E-state index contributed by atoms with van der Waals surface area (Å²) in [5.74, 6) is 1.20. The number of benzene rings is 2. The first-order valence-corrected chi connectivity index (χ1v) is 14.9. The number of fused-ring (bicyclic) bond motifs is 4. The molecule has 9 nitrogen and oxygen atoms in total. The number of hydrogen-bond acceptors (Lipinski definition) is 6. The fraction of sp³-hybridized carbons (Fsp3) is 0.531. The molecule has 4 aliphatic rings. The molecule has 2 aromatic carbocycles. The molecule has 1 atom stereocenters. The van der Waals surface area contributed by atoms with Crippen LogP contribution >= 0.6 is 0 Å². The van der Waals surface area contributed by atoms with Crippen molar-refractivity contribution >= 4 is 23.4 Å². The lowest BCUT2D eigenvalue weighted by Gasteiger charge is -2.42. The lowest BCUT2D eigenvalue weighted by atomic mass is 9.75. The summed E-state index contributed by atoms with van der Waals surface area (Å²) in [6.45, 7) is 3.87. The average molecular weight is 562 g/mol. The van der Waals surface area contributed by atoms with Crippen LogP contribution in [0.3, 0.4) is 0 Å². The number of amides is 3. The van der Waals surface area contributed by atoms with Crippen molar-refractivity contribution in [3.05, 3.63) is 53.6 Å². The highest BCUT2D eigenvalue weighted by Gasteiger charge is 2.37. The maximum absolute atomic E-state index is 13.5. The fourth-order valence-corrected chi connectivity index (χ4v) is 6.56. The van der Waals surface area contributed by atoms with Gasteiger partial charge < -0.3 is 28.9 Å². The fourth-order valence-electron chi connectivity index (χ4n) is 6.56. The number of anilines is 1. The SMILES string of the molecule is CN1C(=O)COc2ccc(C(=O)N3CCC4(CCCCOC[C@@H]5CCCN5C(=O)c5cccc(c5)OC4)CC3)cc21. The molecule has 0 N–H and O–H groups in total. The lowest BCUT2D eigenvalue weighted by molar-refractivity contribution is -0.121. The van der Waals surface area contributed by atoms with Crippen molar-refractivity contribution < 1.29 is 28.6 Å². The number of carbonyl (C=O) groups is 3. The Balaban J connectivity index is 1.15. The molecule has 6 rings (SSSR count). The second-order valence-electron chi connectivity index (χ2n) is 11.9. The normalized spacial score (nSPS) is 23.1. The van der Waals surface area contributed by atoms with Gasteiger partial charge in [-0.15, -0.1) is 0 Å². The summed E-state index contributed by atoms with van der Waals surface area (Å²) in [6, 6.07) is 13.0. The Bertz CT molecular complexity index is 1300. The van der Waals surface area contributed by atoms with Crippen LogP contribution in [0.4, 0.5) is 5.69 Å². The van der Waals surface area contributed by atoms with E-state index in [1.54, 1.807) is 30.1 Å². The van der Waals surface area contributed by atoms with Crippen LogP contribution in [0.15, 0.2) is 42.5 Å². The summed E-state index contributed by atoms with van der Waals surface area (Å²) in [7, 11) is 1.71. The van der Waals surface area contributed by atoms with Crippen LogP contribution < -0.4 is 14.4 Å². The highest BCUT2D eigenvalue weighted by atomic mass is 16.5. The molecule has 1 spiro atoms. The van der Waals surface area contributed by atoms with Crippen molar-refractivity contribution in [2.24, 2.45) is 5.41 Å². The molecule has 2 saturated heterocycles. The van der Waals surface area contributed by atoms with Gasteiger partial charge in [0.1, 0.15) is 11.5 Å². The summed E-state index contributed by atoms with van der Waals surface area (Å²) in [5.41, 5.74) is 1.77. The Kier molecular flexibility index (Phi) is 7.88. The molecule has 0 radical (unpaired) electrons. The molecule has 9 heteroatoms.